The maximum absolute atomic E-state index is 14.0. The largest absolute Gasteiger partial charge is 0.494 e. The molecule has 1 rings (SSSR count). The van der Waals surface area contributed by atoms with Crippen LogP contribution < -0.4 is 10.5 Å². The van der Waals surface area contributed by atoms with Crippen LogP contribution in [0.2, 0.25) is 0 Å². The lowest BCUT2D eigenvalue weighted by Crippen LogP contribution is -2.40. The zero-order chi connectivity index (χ0) is 15.8. The van der Waals surface area contributed by atoms with Crippen LogP contribution in [-0.2, 0) is 0 Å². The van der Waals surface area contributed by atoms with Gasteiger partial charge in [0.2, 0.25) is 0 Å². The first-order valence-corrected chi connectivity index (χ1v) is 7.88. The summed E-state index contributed by atoms with van der Waals surface area (Å²) in [5.74, 6) is -0.0498. The monoisotopic (exact) mass is 296 g/mol. The van der Waals surface area contributed by atoms with Crippen LogP contribution in [0.25, 0.3) is 0 Å². The maximum Gasteiger partial charge on any atom is 0.165 e. The van der Waals surface area contributed by atoms with Gasteiger partial charge in [-0.2, -0.15) is 0 Å². The Bertz CT molecular complexity index is 425. The molecule has 2 N–H and O–H groups in total. The van der Waals surface area contributed by atoms with Crippen LogP contribution >= 0.6 is 0 Å². The highest BCUT2D eigenvalue weighted by Crippen LogP contribution is 2.27. The number of ether oxygens (including phenoxy) is 1. The molecule has 0 bridgehead atoms. The number of unbranched alkanes of at least 4 members (excludes halogenated alkanes) is 1. The van der Waals surface area contributed by atoms with Crippen molar-refractivity contribution < 1.29 is 9.13 Å². The lowest BCUT2D eigenvalue weighted by molar-refractivity contribution is 0.140. The second-order valence-electron chi connectivity index (χ2n) is 5.49. The zero-order valence-corrected chi connectivity index (χ0v) is 13.7. The molecule has 0 amide bonds. The van der Waals surface area contributed by atoms with Crippen molar-refractivity contribution in [1.29, 1.82) is 0 Å². The summed E-state index contributed by atoms with van der Waals surface area (Å²) >= 11 is 0. The van der Waals surface area contributed by atoms with Gasteiger partial charge in [-0.3, -0.25) is 4.90 Å². The van der Waals surface area contributed by atoms with Crippen molar-refractivity contribution in [3.05, 3.63) is 29.6 Å². The summed E-state index contributed by atoms with van der Waals surface area (Å²) in [5.41, 5.74) is 6.92. The van der Waals surface area contributed by atoms with E-state index in [-0.39, 0.29) is 17.6 Å². The van der Waals surface area contributed by atoms with Crippen LogP contribution in [0.5, 0.6) is 5.75 Å². The standard InChI is InChI=1S/C17H29FN2O/c1-5-7-10-20(13(3)6-2)16(12-19)14-8-9-17(21-4)15(18)11-14/h8-9,11,13,16H,5-7,10,12,19H2,1-4H3. The van der Waals surface area contributed by atoms with Gasteiger partial charge >= 0.3 is 0 Å². The first kappa shape index (κ1) is 17.9. The smallest absolute Gasteiger partial charge is 0.165 e. The minimum atomic E-state index is -0.326. The molecule has 2 atom stereocenters. The molecule has 0 saturated carbocycles. The number of nitrogens with zero attached hydrogens (tertiary/aromatic N) is 1. The number of hydrogen-bond donors (Lipinski definition) is 1. The second kappa shape index (κ2) is 9.00. The fourth-order valence-corrected chi connectivity index (χ4v) is 2.61. The Morgan fingerprint density at radius 1 is 1.33 bits per heavy atom. The van der Waals surface area contributed by atoms with Gasteiger partial charge in [0.05, 0.1) is 7.11 Å². The molecule has 0 spiro atoms. The fraction of sp³-hybridized carbons (Fsp3) is 0.647. The molecule has 0 aromatic heterocycles. The van der Waals surface area contributed by atoms with Gasteiger partial charge < -0.3 is 10.5 Å². The third-order valence-corrected chi connectivity index (χ3v) is 4.11. The topological polar surface area (TPSA) is 38.5 Å². The van der Waals surface area contributed by atoms with Gasteiger partial charge in [-0.15, -0.1) is 0 Å². The second-order valence-corrected chi connectivity index (χ2v) is 5.49. The summed E-state index contributed by atoms with van der Waals surface area (Å²) in [6.07, 6.45) is 3.32. The van der Waals surface area contributed by atoms with Crippen LogP contribution in [0.3, 0.4) is 0 Å². The van der Waals surface area contributed by atoms with Crippen molar-refractivity contribution in [2.24, 2.45) is 5.73 Å². The van der Waals surface area contributed by atoms with E-state index in [1.165, 1.54) is 7.11 Å². The summed E-state index contributed by atoms with van der Waals surface area (Å²) in [4.78, 5) is 2.39. The quantitative estimate of drug-likeness (QED) is 0.754. The zero-order valence-electron chi connectivity index (χ0n) is 13.7. The third kappa shape index (κ3) is 4.68. The Labute approximate surface area is 128 Å². The predicted octanol–water partition coefficient (Wildman–Crippen LogP) is 3.73. The predicted molar refractivity (Wildman–Crippen MR) is 86.1 cm³/mol. The summed E-state index contributed by atoms with van der Waals surface area (Å²) in [7, 11) is 1.48. The molecule has 0 heterocycles. The van der Waals surface area contributed by atoms with E-state index < -0.39 is 0 Å². The Morgan fingerprint density at radius 2 is 2.05 bits per heavy atom. The summed E-state index contributed by atoms with van der Waals surface area (Å²) in [6, 6.07) is 5.63. The number of methoxy groups -OCH3 is 1. The average molecular weight is 296 g/mol. The highest BCUT2D eigenvalue weighted by molar-refractivity contribution is 5.31. The molecule has 1 aromatic rings. The molecule has 0 saturated heterocycles. The molecule has 0 radical (unpaired) electrons. The van der Waals surface area contributed by atoms with Crippen LogP contribution in [0.1, 0.15) is 51.6 Å². The van der Waals surface area contributed by atoms with Crippen molar-refractivity contribution in [3.8, 4) is 5.75 Å². The van der Waals surface area contributed by atoms with E-state index in [2.05, 4.69) is 25.7 Å². The molecule has 1 aromatic carbocycles. The Kier molecular flexibility index (Phi) is 7.68. The Balaban J connectivity index is 3.03. The van der Waals surface area contributed by atoms with E-state index >= 15 is 0 Å². The molecule has 21 heavy (non-hydrogen) atoms. The molecule has 0 aliphatic heterocycles. The van der Waals surface area contributed by atoms with E-state index in [0.29, 0.717) is 12.6 Å². The van der Waals surface area contributed by atoms with Gasteiger partial charge in [0.1, 0.15) is 0 Å². The van der Waals surface area contributed by atoms with E-state index in [1.54, 1.807) is 12.1 Å². The molecular weight excluding hydrogens is 267 g/mol. The number of rotatable bonds is 9. The van der Waals surface area contributed by atoms with Crippen LogP contribution in [0, 0.1) is 5.82 Å². The van der Waals surface area contributed by atoms with Gasteiger partial charge in [-0.25, -0.2) is 4.39 Å². The Hall–Kier alpha value is -1.13. The van der Waals surface area contributed by atoms with Crippen molar-refractivity contribution >= 4 is 0 Å². The first-order valence-electron chi connectivity index (χ1n) is 7.88. The summed E-state index contributed by atoms with van der Waals surface area (Å²) in [5, 5.41) is 0. The van der Waals surface area contributed by atoms with E-state index in [9.17, 15) is 4.39 Å². The van der Waals surface area contributed by atoms with Gasteiger partial charge in [-0.1, -0.05) is 26.3 Å². The van der Waals surface area contributed by atoms with E-state index in [1.807, 2.05) is 6.07 Å². The minimum absolute atomic E-state index is 0.0481. The lowest BCUT2D eigenvalue weighted by atomic mass is 10.0. The molecule has 3 nitrogen and oxygen atoms in total. The first-order chi connectivity index (χ1) is 10.1. The van der Waals surface area contributed by atoms with Crippen LogP contribution in [-0.4, -0.2) is 31.1 Å². The van der Waals surface area contributed by atoms with Crippen molar-refractivity contribution in [2.45, 2.75) is 52.1 Å². The molecule has 0 aliphatic carbocycles. The molecule has 4 heteroatoms. The fourth-order valence-electron chi connectivity index (χ4n) is 2.61. The van der Waals surface area contributed by atoms with Gasteiger partial charge in [0.25, 0.3) is 0 Å². The SMILES string of the molecule is CCCCN(C(C)CC)C(CN)c1ccc(OC)c(F)c1. The number of nitrogens with two attached hydrogens (primary N) is 1. The molecule has 0 aliphatic rings. The molecule has 2 unspecified atom stereocenters. The van der Waals surface area contributed by atoms with Crippen LogP contribution in [0.4, 0.5) is 4.39 Å². The summed E-state index contributed by atoms with van der Waals surface area (Å²) < 4.78 is 18.9. The Morgan fingerprint density at radius 3 is 2.52 bits per heavy atom. The number of hydrogen-bond acceptors (Lipinski definition) is 3. The third-order valence-electron chi connectivity index (χ3n) is 4.11. The van der Waals surface area contributed by atoms with Crippen molar-refractivity contribution in [3.63, 3.8) is 0 Å². The van der Waals surface area contributed by atoms with E-state index in [4.69, 9.17) is 10.5 Å². The molecular formula is C17H29FN2O. The van der Waals surface area contributed by atoms with Crippen molar-refractivity contribution in [2.75, 3.05) is 20.2 Å². The number of benzene rings is 1. The van der Waals surface area contributed by atoms with Crippen molar-refractivity contribution in [1.82, 2.24) is 4.90 Å². The average Bonchev–Trinajstić information content (AvgIpc) is 2.50. The lowest BCUT2D eigenvalue weighted by Gasteiger charge is -2.36. The van der Waals surface area contributed by atoms with Crippen LogP contribution in [0.15, 0.2) is 18.2 Å². The normalized spacial score (nSPS) is 14.2. The highest BCUT2D eigenvalue weighted by Gasteiger charge is 2.23. The molecule has 0 fully saturated rings. The van der Waals surface area contributed by atoms with E-state index in [0.717, 1.165) is 31.4 Å². The summed E-state index contributed by atoms with van der Waals surface area (Å²) in [6.45, 7) is 8.03. The minimum Gasteiger partial charge on any atom is -0.494 e. The van der Waals surface area contributed by atoms with Gasteiger partial charge in [-0.05, 0) is 44.0 Å². The highest BCUT2D eigenvalue weighted by atomic mass is 19.1. The van der Waals surface area contributed by atoms with Gasteiger partial charge in [0, 0.05) is 18.6 Å². The number of halogens is 1. The maximum atomic E-state index is 14.0. The van der Waals surface area contributed by atoms with Gasteiger partial charge in [0.15, 0.2) is 11.6 Å². The molecule has 120 valence electrons.